The van der Waals surface area contributed by atoms with Gasteiger partial charge in [0.05, 0.1) is 0 Å². The zero-order valence-corrected chi connectivity index (χ0v) is 21.9. The molecule has 0 aliphatic carbocycles. The summed E-state index contributed by atoms with van der Waals surface area (Å²) in [5, 5.41) is 22.8. The number of piperazine rings is 2. The fraction of sp³-hybridized carbons (Fsp3) is 0.571. The highest BCUT2D eigenvalue weighted by molar-refractivity contribution is 6.09. The Kier molecular flexibility index (Phi) is 9.69. The van der Waals surface area contributed by atoms with Crippen LogP contribution in [0.3, 0.4) is 0 Å². The highest BCUT2D eigenvalue weighted by Gasteiger charge is 2.14. The van der Waals surface area contributed by atoms with Gasteiger partial charge >= 0.3 is 0 Å². The third-order valence-corrected chi connectivity index (χ3v) is 7.39. The van der Waals surface area contributed by atoms with Crippen molar-refractivity contribution in [3.63, 3.8) is 0 Å². The monoisotopic (exact) mass is 494 g/mol. The van der Waals surface area contributed by atoms with E-state index >= 15 is 0 Å². The number of hydrogen-bond acceptors (Lipinski definition) is 8. The number of fused-ring (bicyclic) bond motifs is 1. The fourth-order valence-electron chi connectivity index (χ4n) is 4.93. The summed E-state index contributed by atoms with van der Waals surface area (Å²) >= 11 is 0. The molecule has 8 heteroatoms. The van der Waals surface area contributed by atoms with Crippen LogP contribution in [0.1, 0.15) is 24.0 Å². The highest BCUT2D eigenvalue weighted by Crippen LogP contribution is 2.31. The van der Waals surface area contributed by atoms with Gasteiger partial charge in [-0.1, -0.05) is 0 Å². The SMILES string of the molecule is CN1CCN(CCCN=Cc2c(O)ccc3c(C=NCCCN4CCN(C)CC4)c(O)ccc23)CC1. The Bertz CT molecular complexity index is 957. The van der Waals surface area contributed by atoms with Gasteiger partial charge in [0.15, 0.2) is 0 Å². The summed E-state index contributed by atoms with van der Waals surface area (Å²) in [6.45, 7) is 12.5. The molecule has 196 valence electrons. The second kappa shape index (κ2) is 13.1. The Morgan fingerprint density at radius 2 is 1.03 bits per heavy atom. The normalized spacial score (nSPS) is 19.3. The summed E-state index contributed by atoms with van der Waals surface area (Å²) in [6.07, 6.45) is 5.54. The molecule has 2 saturated heterocycles. The van der Waals surface area contributed by atoms with Gasteiger partial charge in [0.2, 0.25) is 0 Å². The van der Waals surface area contributed by atoms with Crippen LogP contribution in [0.4, 0.5) is 0 Å². The molecule has 36 heavy (non-hydrogen) atoms. The Morgan fingerprint density at radius 1 is 0.639 bits per heavy atom. The number of phenolic OH excluding ortho intramolecular Hbond substituents is 2. The first-order chi connectivity index (χ1) is 17.5. The summed E-state index contributed by atoms with van der Waals surface area (Å²) in [6, 6.07) is 7.05. The molecule has 0 atom stereocenters. The van der Waals surface area contributed by atoms with Crippen LogP contribution in [0, 0.1) is 0 Å². The molecule has 0 unspecified atom stereocenters. The van der Waals surface area contributed by atoms with E-state index in [1.807, 2.05) is 12.1 Å². The maximum absolute atomic E-state index is 10.5. The lowest BCUT2D eigenvalue weighted by atomic mass is 9.99. The molecule has 0 radical (unpaired) electrons. The Balaban J connectivity index is 1.34. The first-order valence-corrected chi connectivity index (χ1v) is 13.3. The van der Waals surface area contributed by atoms with Crippen LogP contribution in [0.2, 0.25) is 0 Å². The minimum atomic E-state index is 0.200. The van der Waals surface area contributed by atoms with E-state index in [1.54, 1.807) is 24.6 Å². The Hall–Kier alpha value is -2.52. The maximum atomic E-state index is 10.5. The molecule has 2 N–H and O–H groups in total. The van der Waals surface area contributed by atoms with Crippen molar-refractivity contribution in [2.75, 3.05) is 92.6 Å². The quantitative estimate of drug-likeness (QED) is 0.390. The summed E-state index contributed by atoms with van der Waals surface area (Å²) < 4.78 is 0. The summed E-state index contributed by atoms with van der Waals surface area (Å²) in [7, 11) is 4.34. The molecule has 0 saturated carbocycles. The van der Waals surface area contributed by atoms with Gasteiger partial charge in [0.25, 0.3) is 0 Å². The molecule has 2 aromatic carbocycles. The van der Waals surface area contributed by atoms with Crippen LogP contribution in [0.15, 0.2) is 34.3 Å². The van der Waals surface area contributed by atoms with E-state index in [0.717, 1.165) is 102 Å². The lowest BCUT2D eigenvalue weighted by Crippen LogP contribution is -2.44. The van der Waals surface area contributed by atoms with Crippen LogP contribution in [0.5, 0.6) is 11.5 Å². The Morgan fingerprint density at radius 3 is 1.42 bits per heavy atom. The second-order valence-electron chi connectivity index (χ2n) is 10.2. The number of likely N-dealkylation sites (N-methyl/N-ethyl adjacent to an activating group) is 2. The lowest BCUT2D eigenvalue weighted by molar-refractivity contribution is 0.153. The average molecular weight is 495 g/mol. The van der Waals surface area contributed by atoms with Gasteiger partial charge in [-0.25, -0.2) is 0 Å². The van der Waals surface area contributed by atoms with Crippen molar-refractivity contribution in [2.24, 2.45) is 9.98 Å². The van der Waals surface area contributed by atoms with Crippen LogP contribution >= 0.6 is 0 Å². The highest BCUT2D eigenvalue weighted by atomic mass is 16.3. The number of nitrogens with zero attached hydrogens (tertiary/aromatic N) is 6. The van der Waals surface area contributed by atoms with Crippen LogP contribution < -0.4 is 0 Å². The predicted octanol–water partition coefficient (Wildman–Crippen LogP) is 2.36. The van der Waals surface area contributed by atoms with Crippen molar-refractivity contribution in [1.82, 2.24) is 19.6 Å². The summed E-state index contributed by atoms with van der Waals surface area (Å²) in [5.41, 5.74) is 1.38. The van der Waals surface area contributed by atoms with E-state index in [4.69, 9.17) is 0 Å². The molecular formula is C28H42N6O2. The zero-order valence-electron chi connectivity index (χ0n) is 21.9. The first kappa shape index (κ1) is 26.5. The number of aromatic hydroxyl groups is 2. The van der Waals surface area contributed by atoms with Crippen molar-refractivity contribution in [3.05, 3.63) is 35.4 Å². The number of rotatable bonds is 10. The summed E-state index contributed by atoms with van der Waals surface area (Å²) in [5.74, 6) is 0.400. The molecule has 4 rings (SSSR count). The Labute approximate surface area is 215 Å². The molecule has 2 aliphatic rings. The molecule has 2 fully saturated rings. The van der Waals surface area contributed by atoms with Crippen molar-refractivity contribution in [2.45, 2.75) is 12.8 Å². The molecule has 2 heterocycles. The molecule has 2 aromatic rings. The van der Waals surface area contributed by atoms with Gasteiger partial charge in [-0.05, 0) is 75.1 Å². The van der Waals surface area contributed by atoms with Gasteiger partial charge in [0.1, 0.15) is 11.5 Å². The minimum absolute atomic E-state index is 0.200. The van der Waals surface area contributed by atoms with Gasteiger partial charge in [-0.2, -0.15) is 0 Å². The van der Waals surface area contributed by atoms with Gasteiger partial charge < -0.3 is 29.8 Å². The molecule has 0 aromatic heterocycles. The van der Waals surface area contributed by atoms with Crippen molar-refractivity contribution in [1.29, 1.82) is 0 Å². The molecular weight excluding hydrogens is 452 g/mol. The number of hydrogen-bond donors (Lipinski definition) is 2. The van der Waals surface area contributed by atoms with Gasteiger partial charge in [-0.15, -0.1) is 0 Å². The van der Waals surface area contributed by atoms with Crippen LogP contribution in [0.25, 0.3) is 10.8 Å². The first-order valence-electron chi connectivity index (χ1n) is 13.3. The van der Waals surface area contributed by atoms with Crippen LogP contribution in [-0.2, 0) is 0 Å². The summed E-state index contributed by atoms with van der Waals surface area (Å²) in [4.78, 5) is 18.9. The van der Waals surface area contributed by atoms with E-state index in [2.05, 4.69) is 43.7 Å². The molecule has 0 spiro atoms. The zero-order chi connectivity index (χ0) is 25.3. The predicted molar refractivity (Wildman–Crippen MR) is 149 cm³/mol. The van der Waals surface area contributed by atoms with E-state index < -0.39 is 0 Å². The third-order valence-electron chi connectivity index (χ3n) is 7.39. The second-order valence-corrected chi connectivity index (χ2v) is 10.2. The molecule has 0 bridgehead atoms. The molecule has 8 nitrogen and oxygen atoms in total. The van der Waals surface area contributed by atoms with Crippen LogP contribution in [-0.4, -0.2) is 135 Å². The van der Waals surface area contributed by atoms with Crippen molar-refractivity contribution < 1.29 is 10.2 Å². The number of aliphatic imine (C=N–C) groups is 2. The van der Waals surface area contributed by atoms with Crippen molar-refractivity contribution >= 4 is 23.2 Å². The van der Waals surface area contributed by atoms with Gasteiger partial charge in [0, 0.05) is 89.0 Å². The van der Waals surface area contributed by atoms with E-state index in [9.17, 15) is 10.2 Å². The number of phenols is 2. The lowest BCUT2D eigenvalue weighted by Gasteiger charge is -2.32. The third kappa shape index (κ3) is 7.26. The average Bonchev–Trinajstić information content (AvgIpc) is 2.88. The van der Waals surface area contributed by atoms with Crippen molar-refractivity contribution in [3.8, 4) is 11.5 Å². The number of benzene rings is 2. The topological polar surface area (TPSA) is 78.1 Å². The smallest absolute Gasteiger partial charge is 0.124 e. The molecule has 2 aliphatic heterocycles. The maximum Gasteiger partial charge on any atom is 0.124 e. The molecule has 0 amide bonds. The van der Waals surface area contributed by atoms with E-state index in [-0.39, 0.29) is 11.5 Å². The largest absolute Gasteiger partial charge is 0.507 e. The fourth-order valence-corrected chi connectivity index (χ4v) is 4.93. The van der Waals surface area contributed by atoms with E-state index in [0.29, 0.717) is 11.1 Å². The standard InChI is InChI=1S/C28H42N6O2/c1-31-13-17-33(18-14-31)11-3-9-29-21-25-23-5-8-28(36)26(24(23)6-7-27(25)35)22-30-10-4-12-34-19-15-32(2)16-20-34/h5-8,21-22,35-36H,3-4,9-20H2,1-2H3. The van der Waals surface area contributed by atoms with Gasteiger partial charge in [-0.3, -0.25) is 9.98 Å². The van der Waals surface area contributed by atoms with E-state index in [1.165, 1.54) is 0 Å². The minimum Gasteiger partial charge on any atom is -0.507 e.